The summed E-state index contributed by atoms with van der Waals surface area (Å²) in [6.45, 7) is 2.26. The molecule has 0 fully saturated rings. The Bertz CT molecular complexity index is 1140. The van der Waals surface area contributed by atoms with Crippen molar-refractivity contribution in [2.24, 2.45) is 4.99 Å². The van der Waals surface area contributed by atoms with E-state index in [1.54, 1.807) is 17.4 Å². The van der Waals surface area contributed by atoms with Gasteiger partial charge in [0.1, 0.15) is 0 Å². The smallest absolute Gasteiger partial charge is 0.363 e. The van der Waals surface area contributed by atoms with Crippen LogP contribution in [-0.4, -0.2) is 11.9 Å². The van der Waals surface area contributed by atoms with E-state index in [0.29, 0.717) is 11.6 Å². The lowest BCUT2D eigenvalue weighted by atomic mass is 10.00. The number of aryl methyl sites for hydroxylation is 1. The summed E-state index contributed by atoms with van der Waals surface area (Å²) < 4.78 is 6.39. The van der Waals surface area contributed by atoms with Crippen LogP contribution in [0.1, 0.15) is 61.5 Å². The molecule has 0 N–H and O–H groups in total. The standard InChI is InChI=1S/C28H28BrNO2S/c1-2-3-4-5-6-7-8-20-9-11-21(12-10-20)22-13-15-23(16-14-22)27-30-26(28(31)32-27)18-25-17-24(29)19-33-25/h9-19H,2-8H2,1H3. The van der Waals surface area contributed by atoms with E-state index in [9.17, 15) is 4.79 Å². The highest BCUT2D eigenvalue weighted by molar-refractivity contribution is 9.10. The Labute approximate surface area is 208 Å². The largest absolute Gasteiger partial charge is 0.402 e. The maximum Gasteiger partial charge on any atom is 0.363 e. The predicted octanol–water partition coefficient (Wildman–Crippen LogP) is 8.43. The number of benzene rings is 2. The Morgan fingerprint density at radius 1 is 0.909 bits per heavy atom. The average Bonchev–Trinajstić information content (AvgIpc) is 3.42. The van der Waals surface area contributed by atoms with Crippen molar-refractivity contribution < 1.29 is 9.53 Å². The zero-order valence-corrected chi connectivity index (χ0v) is 21.3. The average molecular weight is 523 g/mol. The fourth-order valence-corrected chi connectivity index (χ4v) is 5.22. The van der Waals surface area contributed by atoms with Crippen LogP contribution >= 0.6 is 27.3 Å². The number of halogens is 1. The van der Waals surface area contributed by atoms with Crippen molar-refractivity contribution in [1.82, 2.24) is 0 Å². The molecule has 33 heavy (non-hydrogen) atoms. The van der Waals surface area contributed by atoms with Crippen LogP contribution in [0.25, 0.3) is 17.2 Å². The van der Waals surface area contributed by atoms with Crippen molar-refractivity contribution in [3.63, 3.8) is 0 Å². The number of esters is 1. The topological polar surface area (TPSA) is 38.7 Å². The number of carbonyl (C=O) groups is 1. The molecule has 1 aliphatic rings. The number of aliphatic imine (C=N–C) groups is 1. The number of nitrogens with zero attached hydrogens (tertiary/aromatic N) is 1. The Balaban J connectivity index is 1.37. The van der Waals surface area contributed by atoms with Gasteiger partial charge in [-0.2, -0.15) is 0 Å². The minimum absolute atomic E-state index is 0.323. The quantitative estimate of drug-likeness (QED) is 0.152. The van der Waals surface area contributed by atoms with Crippen molar-refractivity contribution in [2.45, 2.75) is 51.9 Å². The zero-order valence-electron chi connectivity index (χ0n) is 18.9. The van der Waals surface area contributed by atoms with Gasteiger partial charge in [0.05, 0.1) is 0 Å². The molecule has 5 heteroatoms. The van der Waals surface area contributed by atoms with Crippen molar-refractivity contribution in [1.29, 1.82) is 0 Å². The number of carbonyl (C=O) groups excluding carboxylic acids is 1. The second kappa shape index (κ2) is 11.6. The molecule has 2 heterocycles. The molecule has 0 unspecified atom stereocenters. The first-order valence-electron chi connectivity index (χ1n) is 11.6. The van der Waals surface area contributed by atoms with Crippen LogP contribution in [0.3, 0.4) is 0 Å². The number of cyclic esters (lactones) is 1. The van der Waals surface area contributed by atoms with Gasteiger partial charge in [0.25, 0.3) is 0 Å². The van der Waals surface area contributed by atoms with Gasteiger partial charge in [-0.05, 0) is 69.7 Å². The van der Waals surface area contributed by atoms with Gasteiger partial charge in [0.2, 0.25) is 5.90 Å². The molecule has 0 spiro atoms. The molecule has 3 aromatic rings. The molecule has 2 aromatic carbocycles. The van der Waals surface area contributed by atoms with Crippen LogP contribution in [0, 0.1) is 0 Å². The van der Waals surface area contributed by atoms with Crippen LogP contribution in [-0.2, 0) is 16.0 Å². The summed E-state index contributed by atoms with van der Waals surface area (Å²) in [7, 11) is 0. The summed E-state index contributed by atoms with van der Waals surface area (Å²) in [6.07, 6.45) is 10.9. The Hall–Kier alpha value is -2.50. The second-order valence-electron chi connectivity index (χ2n) is 8.30. The number of thiophene rings is 1. The molecule has 0 saturated heterocycles. The zero-order chi connectivity index (χ0) is 23.0. The normalized spacial score (nSPS) is 14.5. The summed E-state index contributed by atoms with van der Waals surface area (Å²) in [5, 5.41) is 1.97. The number of rotatable bonds is 10. The van der Waals surface area contributed by atoms with Gasteiger partial charge in [-0.25, -0.2) is 9.79 Å². The summed E-state index contributed by atoms with van der Waals surface area (Å²) in [5.41, 5.74) is 4.83. The first-order chi connectivity index (χ1) is 16.1. The molecule has 4 rings (SSSR count). The molecule has 0 aliphatic carbocycles. The number of ether oxygens (including phenoxy) is 1. The van der Waals surface area contributed by atoms with Crippen LogP contribution in [0.2, 0.25) is 0 Å². The molecular formula is C28H28BrNO2S. The van der Waals surface area contributed by atoms with Crippen molar-refractivity contribution in [3.05, 3.63) is 86.2 Å². The predicted molar refractivity (Wildman–Crippen MR) is 142 cm³/mol. The van der Waals surface area contributed by atoms with Crippen LogP contribution in [0.15, 0.2) is 75.1 Å². The maximum atomic E-state index is 12.2. The minimum atomic E-state index is -0.417. The summed E-state index contributed by atoms with van der Waals surface area (Å²) in [6, 6.07) is 18.8. The van der Waals surface area contributed by atoms with Crippen molar-refractivity contribution in [2.75, 3.05) is 0 Å². The Morgan fingerprint density at radius 2 is 1.55 bits per heavy atom. The number of hydrogen-bond acceptors (Lipinski definition) is 4. The van der Waals surface area contributed by atoms with E-state index in [1.165, 1.54) is 49.7 Å². The van der Waals surface area contributed by atoms with E-state index in [4.69, 9.17) is 4.74 Å². The minimum Gasteiger partial charge on any atom is -0.402 e. The second-order valence-corrected chi connectivity index (χ2v) is 10.2. The third-order valence-corrected chi connectivity index (χ3v) is 7.37. The molecule has 170 valence electrons. The van der Waals surface area contributed by atoms with E-state index < -0.39 is 5.97 Å². The van der Waals surface area contributed by atoms with Crippen molar-refractivity contribution in [3.8, 4) is 11.1 Å². The fraction of sp³-hybridized carbons (Fsp3) is 0.286. The van der Waals surface area contributed by atoms with Gasteiger partial charge in [-0.3, -0.25) is 0 Å². The number of hydrogen-bond donors (Lipinski definition) is 0. The van der Waals surface area contributed by atoms with E-state index in [-0.39, 0.29) is 0 Å². The highest BCUT2D eigenvalue weighted by atomic mass is 79.9. The Kier molecular flexibility index (Phi) is 8.30. The molecule has 0 bridgehead atoms. The number of unbranched alkanes of at least 4 members (excludes halogenated alkanes) is 5. The van der Waals surface area contributed by atoms with Crippen LogP contribution in [0.5, 0.6) is 0 Å². The molecular weight excluding hydrogens is 494 g/mol. The molecule has 1 aliphatic heterocycles. The molecule has 0 saturated carbocycles. The lowest BCUT2D eigenvalue weighted by Gasteiger charge is -2.06. The molecule has 0 atom stereocenters. The summed E-state index contributed by atoms with van der Waals surface area (Å²) in [4.78, 5) is 17.6. The lowest BCUT2D eigenvalue weighted by Crippen LogP contribution is -2.05. The van der Waals surface area contributed by atoms with E-state index in [1.807, 2.05) is 35.7 Å². The molecule has 1 aromatic heterocycles. The van der Waals surface area contributed by atoms with Crippen LogP contribution in [0.4, 0.5) is 0 Å². The highest BCUT2D eigenvalue weighted by Crippen LogP contribution is 2.26. The fourth-order valence-electron chi connectivity index (χ4n) is 3.85. The first kappa shape index (κ1) is 23.7. The first-order valence-corrected chi connectivity index (χ1v) is 13.3. The van der Waals surface area contributed by atoms with Gasteiger partial charge < -0.3 is 4.74 Å². The molecule has 0 amide bonds. The SMILES string of the molecule is CCCCCCCCc1ccc(-c2ccc(C3=NC(=Cc4cc(Br)cs4)C(=O)O3)cc2)cc1. The lowest BCUT2D eigenvalue weighted by molar-refractivity contribution is -0.129. The third kappa shape index (κ3) is 6.52. The van der Waals surface area contributed by atoms with Crippen LogP contribution < -0.4 is 0 Å². The molecule has 0 radical (unpaired) electrons. The van der Waals surface area contributed by atoms with Gasteiger partial charge >= 0.3 is 5.97 Å². The highest BCUT2D eigenvalue weighted by Gasteiger charge is 2.24. The van der Waals surface area contributed by atoms with Crippen molar-refractivity contribution >= 4 is 45.2 Å². The van der Waals surface area contributed by atoms with Gasteiger partial charge in [0.15, 0.2) is 5.70 Å². The maximum absolute atomic E-state index is 12.2. The molecule has 3 nitrogen and oxygen atoms in total. The summed E-state index contributed by atoms with van der Waals surface area (Å²) in [5.74, 6) is -0.0674. The summed E-state index contributed by atoms with van der Waals surface area (Å²) >= 11 is 4.97. The van der Waals surface area contributed by atoms with Gasteiger partial charge in [-0.1, -0.05) is 75.4 Å². The Morgan fingerprint density at radius 3 is 2.21 bits per heavy atom. The van der Waals surface area contributed by atoms with E-state index in [2.05, 4.69) is 52.1 Å². The van der Waals surface area contributed by atoms with E-state index >= 15 is 0 Å². The van der Waals surface area contributed by atoms with Gasteiger partial charge in [-0.15, -0.1) is 11.3 Å². The monoisotopic (exact) mass is 521 g/mol. The van der Waals surface area contributed by atoms with E-state index in [0.717, 1.165) is 26.9 Å². The third-order valence-electron chi connectivity index (χ3n) is 5.73. The van der Waals surface area contributed by atoms with Gasteiger partial charge in [0, 0.05) is 20.3 Å².